The molecular formula is C30H30N2O2. The van der Waals surface area contributed by atoms with Crippen molar-refractivity contribution in [3.8, 4) is 11.5 Å². The van der Waals surface area contributed by atoms with Crippen LogP contribution in [0.25, 0.3) is 21.5 Å². The van der Waals surface area contributed by atoms with E-state index < -0.39 is 0 Å². The zero-order valence-corrected chi connectivity index (χ0v) is 19.7. The summed E-state index contributed by atoms with van der Waals surface area (Å²) < 4.78 is 0. The number of hydrogen-bond donors (Lipinski definition) is 2. The van der Waals surface area contributed by atoms with Crippen LogP contribution in [0.1, 0.15) is 50.7 Å². The van der Waals surface area contributed by atoms with E-state index in [0.717, 1.165) is 69.8 Å². The average Bonchev–Trinajstić information content (AvgIpc) is 2.84. The van der Waals surface area contributed by atoms with Crippen LogP contribution in [0.5, 0.6) is 11.5 Å². The first kappa shape index (κ1) is 22.1. The Morgan fingerprint density at radius 3 is 1.35 bits per heavy atom. The molecular weight excluding hydrogens is 420 g/mol. The number of aromatic hydroxyl groups is 2. The van der Waals surface area contributed by atoms with E-state index in [1.165, 1.54) is 0 Å². The van der Waals surface area contributed by atoms with Gasteiger partial charge in [-0.25, -0.2) is 0 Å². The maximum atomic E-state index is 10.6. The second-order valence-electron chi connectivity index (χ2n) is 9.28. The van der Waals surface area contributed by atoms with Crippen molar-refractivity contribution in [2.24, 2.45) is 9.98 Å². The van der Waals surface area contributed by atoms with E-state index in [2.05, 4.69) is 12.1 Å². The topological polar surface area (TPSA) is 65.2 Å². The highest BCUT2D eigenvalue weighted by atomic mass is 16.3. The first-order chi connectivity index (χ1) is 16.5. The molecule has 0 heterocycles. The molecule has 0 unspecified atom stereocenters. The molecule has 4 heteroatoms. The van der Waals surface area contributed by atoms with Crippen molar-refractivity contribution in [2.45, 2.75) is 51.6 Å². The quantitative estimate of drug-likeness (QED) is 0.328. The molecule has 0 bridgehead atoms. The molecule has 1 aliphatic rings. The largest absolute Gasteiger partial charge is 0.507 e. The van der Waals surface area contributed by atoms with E-state index in [9.17, 15) is 10.2 Å². The summed E-state index contributed by atoms with van der Waals surface area (Å²) in [4.78, 5) is 10.1. The SMILES string of the molecule is CC(=N[C@@H]1CCCC[C@H]1N=C(C)c1cc2ccccc2cc1O)c1cc2ccccc2cc1O. The van der Waals surface area contributed by atoms with Crippen molar-refractivity contribution in [2.75, 3.05) is 0 Å². The van der Waals surface area contributed by atoms with Crippen molar-refractivity contribution in [3.05, 3.63) is 83.9 Å². The number of fused-ring (bicyclic) bond motifs is 2. The highest BCUT2D eigenvalue weighted by Crippen LogP contribution is 2.30. The number of nitrogens with zero attached hydrogens (tertiary/aromatic N) is 2. The highest BCUT2D eigenvalue weighted by molar-refractivity contribution is 6.05. The number of rotatable bonds is 4. The van der Waals surface area contributed by atoms with Gasteiger partial charge in [-0.1, -0.05) is 61.4 Å². The fraction of sp³-hybridized carbons (Fsp3) is 0.267. The third kappa shape index (κ3) is 4.41. The van der Waals surface area contributed by atoms with Crippen molar-refractivity contribution in [1.29, 1.82) is 0 Å². The van der Waals surface area contributed by atoms with Gasteiger partial charge >= 0.3 is 0 Å². The van der Waals surface area contributed by atoms with Crippen LogP contribution in [0.4, 0.5) is 0 Å². The van der Waals surface area contributed by atoms with Crippen LogP contribution in [0.15, 0.2) is 82.8 Å². The van der Waals surface area contributed by atoms with Crippen molar-refractivity contribution in [3.63, 3.8) is 0 Å². The molecule has 0 amide bonds. The summed E-state index contributed by atoms with van der Waals surface area (Å²) in [5.41, 5.74) is 3.22. The summed E-state index contributed by atoms with van der Waals surface area (Å²) >= 11 is 0. The van der Waals surface area contributed by atoms with Crippen LogP contribution in [0, 0.1) is 0 Å². The Morgan fingerprint density at radius 1 is 0.618 bits per heavy atom. The predicted molar refractivity (Wildman–Crippen MR) is 142 cm³/mol. The molecule has 0 aliphatic heterocycles. The second-order valence-corrected chi connectivity index (χ2v) is 9.28. The minimum absolute atomic E-state index is 0.0529. The van der Waals surface area contributed by atoms with Gasteiger partial charge in [0.15, 0.2) is 0 Å². The van der Waals surface area contributed by atoms with Gasteiger partial charge in [0.25, 0.3) is 0 Å². The molecule has 1 aliphatic carbocycles. The normalized spacial score (nSPS) is 19.6. The number of benzene rings is 4. The summed E-state index contributed by atoms with van der Waals surface area (Å²) in [6, 6.07) is 23.8. The van der Waals surface area contributed by atoms with E-state index in [1.807, 2.05) is 74.5 Å². The summed E-state index contributed by atoms with van der Waals surface area (Å²) in [7, 11) is 0. The molecule has 0 spiro atoms. The van der Waals surface area contributed by atoms with Gasteiger partial charge in [-0.2, -0.15) is 0 Å². The van der Waals surface area contributed by atoms with Crippen LogP contribution in [0.2, 0.25) is 0 Å². The fourth-order valence-corrected chi connectivity index (χ4v) is 5.07. The van der Waals surface area contributed by atoms with Crippen molar-refractivity contribution in [1.82, 2.24) is 0 Å². The van der Waals surface area contributed by atoms with Crippen LogP contribution in [-0.4, -0.2) is 33.7 Å². The standard InChI is InChI=1S/C30H30N2O2/c1-19(25-15-21-9-3-5-11-23(21)17-29(25)33)31-27-13-7-8-14-28(27)32-20(2)26-16-22-10-4-6-12-24(22)18-30(26)34/h3-6,9-12,15-18,27-28,33-34H,7-8,13-14H2,1-2H3/t27-,28-/m1/s1. The molecule has 1 fully saturated rings. The van der Waals surface area contributed by atoms with Gasteiger partial charge in [0.2, 0.25) is 0 Å². The molecule has 34 heavy (non-hydrogen) atoms. The third-order valence-electron chi connectivity index (χ3n) is 6.92. The molecule has 1 saturated carbocycles. The average molecular weight is 451 g/mol. The van der Waals surface area contributed by atoms with Gasteiger partial charge in [0.05, 0.1) is 12.1 Å². The Balaban J connectivity index is 1.47. The molecule has 4 nitrogen and oxygen atoms in total. The van der Waals surface area contributed by atoms with Gasteiger partial charge in [0.1, 0.15) is 11.5 Å². The third-order valence-corrected chi connectivity index (χ3v) is 6.92. The van der Waals surface area contributed by atoms with Gasteiger partial charge in [0, 0.05) is 22.6 Å². The number of phenols is 2. The van der Waals surface area contributed by atoms with Gasteiger partial charge < -0.3 is 10.2 Å². The Bertz CT molecular complexity index is 1310. The Kier molecular flexibility index (Phi) is 6.06. The summed E-state index contributed by atoms with van der Waals surface area (Å²) in [5.74, 6) is 0.515. The predicted octanol–water partition coefficient (Wildman–Crippen LogP) is 7.03. The van der Waals surface area contributed by atoms with E-state index in [1.54, 1.807) is 0 Å². The summed E-state index contributed by atoms with van der Waals surface area (Å²) in [5, 5.41) is 25.5. The molecule has 4 aromatic carbocycles. The maximum absolute atomic E-state index is 10.6. The van der Waals surface area contributed by atoms with Crippen LogP contribution in [-0.2, 0) is 0 Å². The Morgan fingerprint density at radius 2 is 0.971 bits per heavy atom. The van der Waals surface area contributed by atoms with Crippen molar-refractivity contribution >= 4 is 33.0 Å². The minimum atomic E-state index is 0.0529. The molecule has 172 valence electrons. The first-order valence-corrected chi connectivity index (χ1v) is 12.0. The number of phenolic OH excluding ortho intramolecular Hbond substituents is 2. The zero-order valence-electron chi connectivity index (χ0n) is 19.7. The molecule has 0 saturated heterocycles. The van der Waals surface area contributed by atoms with Gasteiger partial charge in [-0.15, -0.1) is 0 Å². The smallest absolute Gasteiger partial charge is 0.125 e. The Labute approximate surface area is 200 Å². The maximum Gasteiger partial charge on any atom is 0.125 e. The Hall–Kier alpha value is -3.66. The monoisotopic (exact) mass is 450 g/mol. The summed E-state index contributed by atoms with van der Waals surface area (Å²) in [6.07, 6.45) is 4.18. The van der Waals surface area contributed by atoms with E-state index in [-0.39, 0.29) is 23.6 Å². The number of hydrogen-bond acceptors (Lipinski definition) is 4. The van der Waals surface area contributed by atoms with Crippen LogP contribution < -0.4 is 0 Å². The van der Waals surface area contributed by atoms with Crippen LogP contribution in [0.3, 0.4) is 0 Å². The molecule has 2 N–H and O–H groups in total. The van der Waals surface area contributed by atoms with Gasteiger partial charge in [-0.05, 0) is 72.5 Å². The lowest BCUT2D eigenvalue weighted by molar-refractivity contribution is 0.388. The molecule has 4 aromatic rings. The lowest BCUT2D eigenvalue weighted by Crippen LogP contribution is -2.29. The second kappa shape index (κ2) is 9.30. The molecule has 5 rings (SSSR count). The molecule has 2 atom stereocenters. The van der Waals surface area contributed by atoms with Crippen molar-refractivity contribution < 1.29 is 10.2 Å². The summed E-state index contributed by atoms with van der Waals surface area (Å²) in [6.45, 7) is 3.95. The number of aliphatic imine (C=N–C) groups is 2. The lowest BCUT2D eigenvalue weighted by Gasteiger charge is -2.27. The molecule has 0 radical (unpaired) electrons. The van der Waals surface area contributed by atoms with Crippen LogP contribution >= 0.6 is 0 Å². The zero-order chi connectivity index (χ0) is 23.7. The fourth-order valence-electron chi connectivity index (χ4n) is 5.07. The molecule has 0 aromatic heterocycles. The van der Waals surface area contributed by atoms with E-state index in [0.29, 0.717) is 0 Å². The lowest BCUT2D eigenvalue weighted by atomic mass is 9.90. The first-order valence-electron chi connectivity index (χ1n) is 12.0. The van der Waals surface area contributed by atoms with E-state index >= 15 is 0 Å². The minimum Gasteiger partial charge on any atom is -0.507 e. The van der Waals surface area contributed by atoms with Gasteiger partial charge in [-0.3, -0.25) is 9.98 Å². The highest BCUT2D eigenvalue weighted by Gasteiger charge is 2.25. The van der Waals surface area contributed by atoms with E-state index in [4.69, 9.17) is 9.98 Å².